The molecule has 8 N–H and O–H groups in total. The summed E-state index contributed by atoms with van der Waals surface area (Å²) in [7, 11) is 3.71. The quantitative estimate of drug-likeness (QED) is 0.0909. The van der Waals surface area contributed by atoms with E-state index in [0.717, 1.165) is 60.2 Å². The van der Waals surface area contributed by atoms with Gasteiger partial charge in [0.1, 0.15) is 24.7 Å². The molecule has 3 atom stereocenters. The highest BCUT2D eigenvalue weighted by Gasteiger charge is 2.31. The number of carbonyl (C=O) groups is 4. The van der Waals surface area contributed by atoms with E-state index in [1.54, 1.807) is 0 Å². The van der Waals surface area contributed by atoms with Crippen molar-refractivity contribution in [2.24, 2.45) is 5.73 Å². The summed E-state index contributed by atoms with van der Waals surface area (Å²) in [6, 6.07) is 22.6. The van der Waals surface area contributed by atoms with Crippen LogP contribution in [0.25, 0.3) is 11.1 Å². The highest BCUT2D eigenvalue weighted by molar-refractivity contribution is 5.89. The third-order valence-electron chi connectivity index (χ3n) is 8.53. The van der Waals surface area contributed by atoms with Gasteiger partial charge in [0.05, 0.1) is 0 Å². The number of unbranched alkanes of at least 4 members (excludes halogenated alkanes) is 2. The van der Waals surface area contributed by atoms with Crippen LogP contribution in [-0.4, -0.2) is 86.1 Å². The number of hydrogen-bond donors (Lipinski definition) is 7. The van der Waals surface area contributed by atoms with E-state index in [9.17, 15) is 24.3 Å². The minimum atomic E-state index is -1.10. The Morgan fingerprint density at radius 2 is 1.24 bits per heavy atom. The van der Waals surface area contributed by atoms with Crippen molar-refractivity contribution in [3.05, 3.63) is 95.6 Å². The molecule has 270 valence electrons. The number of nitrogens with one attached hydrogen (secondary N) is 4. The average molecular weight is 690 g/mol. The first-order valence-corrected chi connectivity index (χ1v) is 17.1. The first kappa shape index (κ1) is 39.7. The maximum atomic E-state index is 13.2. The second-order valence-corrected chi connectivity index (χ2v) is 12.3. The Bertz CT molecular complexity index is 1470. The number of carbonyl (C=O) groups excluding carboxylic acids is 2. The number of benzene rings is 3. The van der Waals surface area contributed by atoms with Crippen LogP contribution < -0.4 is 27.0 Å². The Kier molecular flexibility index (Phi) is 16.9. The molecule has 0 unspecified atom stereocenters. The average Bonchev–Trinajstić information content (AvgIpc) is 3.44. The first-order chi connectivity index (χ1) is 24.2. The van der Waals surface area contributed by atoms with Crippen molar-refractivity contribution in [3.63, 3.8) is 0 Å². The number of carboxylic acid groups (broad SMARTS) is 2. The van der Waals surface area contributed by atoms with E-state index < -0.39 is 42.1 Å². The molecule has 0 spiro atoms. The van der Waals surface area contributed by atoms with Crippen LogP contribution >= 0.6 is 0 Å². The summed E-state index contributed by atoms with van der Waals surface area (Å²) in [6.45, 7) is 1.80. The third-order valence-corrected chi connectivity index (χ3v) is 8.53. The fourth-order valence-corrected chi connectivity index (χ4v) is 5.81. The molecule has 1 aliphatic rings. The van der Waals surface area contributed by atoms with Gasteiger partial charge in [0.15, 0.2) is 0 Å². The Labute approximate surface area is 294 Å². The van der Waals surface area contributed by atoms with E-state index in [-0.39, 0.29) is 18.9 Å². The molecule has 3 aromatic rings. The van der Waals surface area contributed by atoms with E-state index in [1.165, 1.54) is 0 Å². The van der Waals surface area contributed by atoms with Gasteiger partial charge in [-0.1, -0.05) is 85.3 Å². The van der Waals surface area contributed by atoms with Gasteiger partial charge in [-0.25, -0.2) is 9.59 Å². The van der Waals surface area contributed by atoms with Gasteiger partial charge in [0.2, 0.25) is 5.91 Å². The summed E-state index contributed by atoms with van der Waals surface area (Å²) in [5.74, 6) is -2.69. The van der Waals surface area contributed by atoms with E-state index in [4.69, 9.17) is 15.6 Å². The lowest BCUT2D eigenvalue weighted by atomic mass is 9.98. The monoisotopic (exact) mass is 689 g/mol. The minimum absolute atomic E-state index is 0.112. The summed E-state index contributed by atoms with van der Waals surface area (Å²) in [4.78, 5) is 48.2. The van der Waals surface area contributed by atoms with Gasteiger partial charge in [-0.2, -0.15) is 0 Å². The highest BCUT2D eigenvalue weighted by Crippen LogP contribution is 2.44. The third kappa shape index (κ3) is 12.6. The zero-order chi connectivity index (χ0) is 36.3. The van der Waals surface area contributed by atoms with Gasteiger partial charge in [0.25, 0.3) is 0 Å². The molecular formula is C38H51N5O7. The fourth-order valence-electron chi connectivity index (χ4n) is 5.81. The number of alkyl carbamates (subject to hydrolysis) is 1. The van der Waals surface area contributed by atoms with Gasteiger partial charge in [-0.3, -0.25) is 9.59 Å². The summed E-state index contributed by atoms with van der Waals surface area (Å²) >= 11 is 0. The highest BCUT2D eigenvalue weighted by atomic mass is 16.5. The van der Waals surface area contributed by atoms with E-state index >= 15 is 0 Å². The maximum absolute atomic E-state index is 13.2. The molecule has 12 nitrogen and oxygen atoms in total. The number of ether oxygens (including phenoxy) is 1. The van der Waals surface area contributed by atoms with Crippen molar-refractivity contribution in [1.82, 2.24) is 21.3 Å². The normalized spacial score (nSPS) is 13.4. The molecule has 0 heterocycles. The molecule has 0 aliphatic heterocycles. The summed E-state index contributed by atoms with van der Waals surface area (Å²) in [5.41, 5.74) is 10.5. The fraction of sp³-hybridized carbons (Fsp3) is 0.421. The number of nitrogens with two attached hydrogens (primary N) is 1. The summed E-state index contributed by atoms with van der Waals surface area (Å²) < 4.78 is 5.65. The predicted molar refractivity (Wildman–Crippen MR) is 193 cm³/mol. The van der Waals surface area contributed by atoms with Crippen LogP contribution in [0.1, 0.15) is 61.1 Å². The van der Waals surface area contributed by atoms with Crippen LogP contribution in [-0.2, 0) is 25.5 Å². The van der Waals surface area contributed by atoms with Gasteiger partial charge in [-0.15, -0.1) is 0 Å². The number of carboxylic acids is 2. The van der Waals surface area contributed by atoms with E-state index in [1.807, 2.05) is 80.8 Å². The molecule has 2 amide bonds. The zero-order valence-electron chi connectivity index (χ0n) is 28.9. The smallest absolute Gasteiger partial charge is 0.407 e. The molecule has 0 aromatic heterocycles. The molecular weight excluding hydrogens is 638 g/mol. The number of fused-ring (bicyclic) bond motifs is 3. The Hall–Kier alpha value is -4.78. The van der Waals surface area contributed by atoms with Crippen molar-refractivity contribution >= 4 is 23.9 Å². The molecule has 0 saturated heterocycles. The van der Waals surface area contributed by atoms with E-state index in [0.29, 0.717) is 19.3 Å². The van der Waals surface area contributed by atoms with Crippen molar-refractivity contribution in [3.8, 4) is 11.1 Å². The number of hydrogen-bond acceptors (Lipinski definition) is 8. The van der Waals surface area contributed by atoms with Gasteiger partial charge in [0, 0.05) is 12.3 Å². The second kappa shape index (κ2) is 21.3. The van der Waals surface area contributed by atoms with Crippen molar-refractivity contribution in [2.75, 3.05) is 33.8 Å². The van der Waals surface area contributed by atoms with Crippen LogP contribution in [0.5, 0.6) is 0 Å². The lowest BCUT2D eigenvalue weighted by Gasteiger charge is -2.22. The van der Waals surface area contributed by atoms with Gasteiger partial charge in [-0.05, 0) is 87.1 Å². The minimum Gasteiger partial charge on any atom is -0.480 e. The number of aliphatic carboxylic acids is 2. The Balaban J connectivity index is 0.000000530. The number of amides is 2. The molecule has 0 bridgehead atoms. The van der Waals surface area contributed by atoms with Crippen LogP contribution in [0.4, 0.5) is 4.79 Å². The van der Waals surface area contributed by atoms with Gasteiger partial charge >= 0.3 is 18.0 Å². The van der Waals surface area contributed by atoms with E-state index in [2.05, 4.69) is 33.4 Å². The maximum Gasteiger partial charge on any atom is 0.407 e. The SMILES string of the molecule is CNCCCC[C@H](N)C(=O)O.CNCCCC[C@H](NC(=O)[C@H](Cc1ccccc1)NC(=O)OCC1c2ccccc2-c2ccccc21)C(=O)O. The largest absolute Gasteiger partial charge is 0.480 e. The van der Waals surface area contributed by atoms with Crippen LogP contribution in [0.2, 0.25) is 0 Å². The van der Waals surface area contributed by atoms with Crippen LogP contribution in [0.15, 0.2) is 78.9 Å². The lowest BCUT2D eigenvalue weighted by molar-refractivity contribution is -0.142. The predicted octanol–water partition coefficient (Wildman–Crippen LogP) is 3.88. The molecule has 50 heavy (non-hydrogen) atoms. The zero-order valence-corrected chi connectivity index (χ0v) is 28.9. The second-order valence-electron chi connectivity index (χ2n) is 12.3. The van der Waals surface area contributed by atoms with Crippen molar-refractivity contribution in [2.45, 2.75) is 69.0 Å². The lowest BCUT2D eigenvalue weighted by Crippen LogP contribution is -2.52. The molecule has 3 aromatic carbocycles. The van der Waals surface area contributed by atoms with Crippen LogP contribution in [0.3, 0.4) is 0 Å². The number of rotatable bonds is 19. The molecule has 12 heteroatoms. The van der Waals surface area contributed by atoms with Gasteiger partial charge < -0.3 is 42.0 Å². The Morgan fingerprint density at radius 3 is 1.78 bits per heavy atom. The molecule has 0 saturated carbocycles. The van der Waals surface area contributed by atoms with Crippen molar-refractivity contribution < 1.29 is 34.1 Å². The molecule has 4 rings (SSSR count). The summed E-state index contributed by atoms with van der Waals surface area (Å²) in [5, 5.41) is 29.4. The Morgan fingerprint density at radius 1 is 0.700 bits per heavy atom. The van der Waals surface area contributed by atoms with Crippen molar-refractivity contribution in [1.29, 1.82) is 0 Å². The molecule has 1 aliphatic carbocycles. The van der Waals surface area contributed by atoms with Crippen LogP contribution in [0, 0.1) is 0 Å². The standard InChI is InChI=1S/C31H35N3O5.C7H16N2O2/c1-32-18-10-9-17-27(30(36)37)33-29(35)28(19-21-11-3-2-4-12-21)34-31(38)39-20-26-24-15-7-5-13-22(24)23-14-6-8-16-25(23)26;1-9-5-3-2-4-6(8)7(10)11/h2-8,11-16,26-28,32H,9-10,17-20H2,1H3,(H,33,35)(H,34,38)(H,36,37);6,9H,2-5,8H2,1H3,(H,10,11)/t27-,28-;6-/m00/s1. The topological polar surface area (TPSA) is 192 Å². The summed E-state index contributed by atoms with van der Waals surface area (Å²) in [6.07, 6.45) is 3.62. The first-order valence-electron chi connectivity index (χ1n) is 17.1. The molecule has 0 fully saturated rings. The molecule has 0 radical (unpaired) electrons.